The first-order valence-electron chi connectivity index (χ1n) is 10.4. The molecule has 1 heterocycles. The van der Waals surface area contributed by atoms with E-state index in [0.717, 1.165) is 11.3 Å². The van der Waals surface area contributed by atoms with Crippen molar-refractivity contribution in [3.05, 3.63) is 101 Å². The molecule has 5 nitrogen and oxygen atoms in total. The topological polar surface area (TPSA) is 59.2 Å². The molecule has 0 saturated heterocycles. The minimum Gasteiger partial charge on any atom is -0.337 e. The summed E-state index contributed by atoms with van der Waals surface area (Å²) < 4.78 is 5.35. The summed E-state index contributed by atoms with van der Waals surface area (Å²) in [4.78, 5) is 20.1. The van der Waals surface area contributed by atoms with Gasteiger partial charge in [-0.25, -0.2) is 0 Å². The minimum absolute atomic E-state index is 0.0853. The molecule has 0 saturated carbocycles. The van der Waals surface area contributed by atoms with Crippen molar-refractivity contribution < 1.29 is 9.32 Å². The Labute approximate surface area is 192 Å². The lowest BCUT2D eigenvalue weighted by molar-refractivity contribution is 0.0769. The Hall–Kier alpha value is -3.38. The highest BCUT2D eigenvalue weighted by molar-refractivity contribution is 7.98. The van der Waals surface area contributed by atoms with Crippen LogP contribution in [0.3, 0.4) is 0 Å². The summed E-state index contributed by atoms with van der Waals surface area (Å²) in [6.07, 6.45) is 0. The zero-order valence-electron chi connectivity index (χ0n) is 18.4. The summed E-state index contributed by atoms with van der Waals surface area (Å²) in [6, 6.07) is 24.2. The number of carbonyl (C=O) groups excluding carboxylic acids is 1. The maximum atomic E-state index is 12.8. The number of hydrogen-bond donors (Lipinski definition) is 0. The van der Waals surface area contributed by atoms with E-state index in [-0.39, 0.29) is 12.5 Å². The number of amides is 1. The molecule has 32 heavy (non-hydrogen) atoms. The Balaban J connectivity index is 1.34. The van der Waals surface area contributed by atoms with E-state index in [9.17, 15) is 4.79 Å². The second kappa shape index (κ2) is 9.83. The number of nitrogens with zero attached hydrogens (tertiary/aromatic N) is 3. The van der Waals surface area contributed by atoms with Gasteiger partial charge >= 0.3 is 0 Å². The molecule has 0 aliphatic rings. The third kappa shape index (κ3) is 5.45. The van der Waals surface area contributed by atoms with Gasteiger partial charge in [-0.05, 0) is 43.7 Å². The minimum atomic E-state index is -0.0853. The third-order valence-corrected chi connectivity index (χ3v) is 6.21. The third-order valence-electron chi connectivity index (χ3n) is 5.12. The van der Waals surface area contributed by atoms with Crippen LogP contribution in [0.4, 0.5) is 0 Å². The van der Waals surface area contributed by atoms with Gasteiger partial charge in [-0.2, -0.15) is 4.98 Å². The lowest BCUT2D eigenvalue weighted by Crippen LogP contribution is -2.26. The molecule has 0 radical (unpaired) electrons. The quantitative estimate of drug-likeness (QED) is 0.332. The van der Waals surface area contributed by atoms with E-state index in [2.05, 4.69) is 41.3 Å². The molecule has 6 heteroatoms. The molecule has 162 valence electrons. The van der Waals surface area contributed by atoms with Gasteiger partial charge in [0.1, 0.15) is 0 Å². The molecule has 0 atom stereocenters. The van der Waals surface area contributed by atoms with Gasteiger partial charge in [0.05, 0.1) is 6.54 Å². The van der Waals surface area contributed by atoms with Gasteiger partial charge in [0.15, 0.2) is 0 Å². The van der Waals surface area contributed by atoms with Crippen LogP contribution < -0.4 is 0 Å². The average Bonchev–Trinajstić information content (AvgIpc) is 3.27. The normalized spacial score (nSPS) is 10.8. The number of benzene rings is 3. The van der Waals surface area contributed by atoms with Crippen molar-refractivity contribution >= 4 is 17.7 Å². The van der Waals surface area contributed by atoms with E-state index in [4.69, 9.17) is 4.52 Å². The first-order chi connectivity index (χ1) is 15.5. The van der Waals surface area contributed by atoms with E-state index >= 15 is 0 Å². The van der Waals surface area contributed by atoms with Crippen LogP contribution in [0.25, 0.3) is 11.4 Å². The Morgan fingerprint density at radius 1 is 0.906 bits per heavy atom. The van der Waals surface area contributed by atoms with Crippen LogP contribution in [0.5, 0.6) is 0 Å². The van der Waals surface area contributed by atoms with Gasteiger partial charge in [0, 0.05) is 28.8 Å². The predicted octanol–water partition coefficient (Wildman–Crippen LogP) is 5.92. The summed E-state index contributed by atoms with van der Waals surface area (Å²) in [5.41, 5.74) is 5.12. The molecule has 0 unspecified atom stereocenters. The van der Waals surface area contributed by atoms with Crippen molar-refractivity contribution in [2.24, 2.45) is 0 Å². The maximum absolute atomic E-state index is 12.8. The molecule has 0 aliphatic carbocycles. The second-order valence-electron chi connectivity index (χ2n) is 7.84. The summed E-state index contributed by atoms with van der Waals surface area (Å²) in [5, 5.41) is 4.04. The first-order valence-corrected chi connectivity index (χ1v) is 11.4. The van der Waals surface area contributed by atoms with Crippen molar-refractivity contribution in [1.82, 2.24) is 15.0 Å². The number of aryl methyl sites for hydroxylation is 2. The van der Waals surface area contributed by atoms with Crippen molar-refractivity contribution in [3.63, 3.8) is 0 Å². The van der Waals surface area contributed by atoms with Crippen LogP contribution in [0, 0.1) is 13.8 Å². The van der Waals surface area contributed by atoms with Crippen LogP contribution in [0.15, 0.2) is 82.2 Å². The van der Waals surface area contributed by atoms with Crippen molar-refractivity contribution in [3.8, 4) is 11.4 Å². The van der Waals surface area contributed by atoms with Gasteiger partial charge < -0.3 is 9.42 Å². The van der Waals surface area contributed by atoms with Crippen LogP contribution in [0.2, 0.25) is 0 Å². The van der Waals surface area contributed by atoms with E-state index in [1.54, 1.807) is 23.7 Å². The average molecular weight is 444 g/mol. The second-order valence-corrected chi connectivity index (χ2v) is 8.89. The standard InChI is InChI=1S/C26H25N3O2S/c1-18-4-10-21(11-5-18)25-27-24(31-28-25)16-29(3)26(30)22-12-8-20(9-13-22)17-32-23-14-6-19(2)7-15-23/h4-15H,16-17H2,1-3H3. The molecule has 4 aromatic rings. The smallest absolute Gasteiger partial charge is 0.254 e. The summed E-state index contributed by atoms with van der Waals surface area (Å²) in [6.45, 7) is 4.37. The highest BCUT2D eigenvalue weighted by Crippen LogP contribution is 2.23. The predicted molar refractivity (Wildman–Crippen MR) is 127 cm³/mol. The highest BCUT2D eigenvalue weighted by atomic mass is 32.2. The van der Waals surface area contributed by atoms with Crippen molar-refractivity contribution in [2.75, 3.05) is 7.05 Å². The maximum Gasteiger partial charge on any atom is 0.254 e. The number of hydrogen-bond acceptors (Lipinski definition) is 5. The van der Waals surface area contributed by atoms with Crippen molar-refractivity contribution in [1.29, 1.82) is 0 Å². The molecule has 1 amide bonds. The molecule has 3 aromatic carbocycles. The monoisotopic (exact) mass is 443 g/mol. The largest absolute Gasteiger partial charge is 0.337 e. The lowest BCUT2D eigenvalue weighted by atomic mass is 10.1. The number of carbonyl (C=O) groups is 1. The molecular formula is C26H25N3O2S. The van der Waals surface area contributed by atoms with Crippen LogP contribution in [-0.4, -0.2) is 28.0 Å². The molecule has 0 bridgehead atoms. The number of rotatable bonds is 7. The Kier molecular flexibility index (Phi) is 6.71. The van der Waals surface area contributed by atoms with Gasteiger partial charge in [-0.1, -0.05) is 64.8 Å². The first kappa shape index (κ1) is 21.8. The van der Waals surface area contributed by atoms with E-state index in [1.807, 2.05) is 55.5 Å². The zero-order chi connectivity index (χ0) is 22.5. The zero-order valence-corrected chi connectivity index (χ0v) is 19.2. The fourth-order valence-electron chi connectivity index (χ4n) is 3.18. The fraction of sp³-hybridized carbons (Fsp3) is 0.192. The number of aromatic nitrogens is 2. The van der Waals surface area contributed by atoms with Crippen molar-refractivity contribution in [2.45, 2.75) is 31.0 Å². The molecule has 0 fully saturated rings. The van der Waals surface area contributed by atoms with Crippen LogP contribution in [0.1, 0.15) is 32.9 Å². The number of thioether (sulfide) groups is 1. The van der Waals surface area contributed by atoms with E-state index < -0.39 is 0 Å². The summed E-state index contributed by atoms with van der Waals surface area (Å²) in [5.74, 6) is 1.70. The highest BCUT2D eigenvalue weighted by Gasteiger charge is 2.16. The molecule has 0 spiro atoms. The molecule has 1 aromatic heterocycles. The summed E-state index contributed by atoms with van der Waals surface area (Å²) in [7, 11) is 1.74. The Morgan fingerprint density at radius 2 is 1.53 bits per heavy atom. The Bertz CT molecular complexity index is 1180. The van der Waals surface area contributed by atoms with Gasteiger partial charge in [0.2, 0.25) is 11.7 Å². The molecule has 0 N–H and O–H groups in total. The van der Waals surface area contributed by atoms with Crippen LogP contribution in [-0.2, 0) is 12.3 Å². The van der Waals surface area contributed by atoms with Gasteiger partial charge in [0.25, 0.3) is 5.91 Å². The fourth-order valence-corrected chi connectivity index (χ4v) is 4.03. The van der Waals surface area contributed by atoms with E-state index in [0.29, 0.717) is 17.3 Å². The molecule has 0 aliphatic heterocycles. The van der Waals surface area contributed by atoms with Gasteiger partial charge in [-0.3, -0.25) is 4.79 Å². The SMILES string of the molecule is Cc1ccc(SCc2ccc(C(=O)N(C)Cc3nc(-c4ccc(C)cc4)no3)cc2)cc1. The van der Waals surface area contributed by atoms with Crippen LogP contribution >= 0.6 is 11.8 Å². The van der Waals surface area contributed by atoms with E-state index in [1.165, 1.54) is 21.6 Å². The summed E-state index contributed by atoms with van der Waals surface area (Å²) >= 11 is 1.78. The molecular weight excluding hydrogens is 418 g/mol. The van der Waals surface area contributed by atoms with Gasteiger partial charge in [-0.15, -0.1) is 11.8 Å². The Morgan fingerprint density at radius 3 is 2.19 bits per heavy atom. The molecule has 4 rings (SSSR count). The lowest BCUT2D eigenvalue weighted by Gasteiger charge is -2.15.